The molecule has 8 bridgehead atoms. The second-order valence-electron chi connectivity index (χ2n) is 29.3. The maximum atomic E-state index is 13.3. The summed E-state index contributed by atoms with van der Waals surface area (Å²) in [6.45, 7) is 12.5. The van der Waals surface area contributed by atoms with Crippen molar-refractivity contribution < 1.29 is 45.5 Å². The second-order valence-corrected chi connectivity index (χ2v) is 29.3. The summed E-state index contributed by atoms with van der Waals surface area (Å²) in [6.07, 6.45) is 17.7. The van der Waals surface area contributed by atoms with E-state index in [2.05, 4.69) is 112 Å². The molecule has 0 saturated carbocycles. The molecule has 20 rings (SSSR count). The number of nitrogens with one attached hydrogen (secondary N) is 4. The fourth-order valence-corrected chi connectivity index (χ4v) is 15.9. The molecule has 39 heteroatoms. The number of nitriles is 1. The fourth-order valence-electron chi connectivity index (χ4n) is 15.9. The molecular weight excluding hydrogens is 1570 g/mol. The third-order valence-electron chi connectivity index (χ3n) is 21.6. The van der Waals surface area contributed by atoms with E-state index < -0.39 is 29.8 Å². The molecule has 4 fully saturated rings. The van der Waals surface area contributed by atoms with Gasteiger partial charge in [0.05, 0.1) is 106 Å². The lowest BCUT2D eigenvalue weighted by atomic mass is 10.1. The standard InChI is InChI=1S/C21H18F3N7O.C21H17F3N6O.C21H18N8O.C19H20N8O/c1-12-8-13(9-17(27-12)21(22,23)24)15-2-3-16-19(28-15)31(14-4-7-30(16)11-14)20(32)29-18-10-25-5-6-26-18;22-21(23,24)18-6-3-13(10-26-18)16-4-5-17-19(28-16)30(15-7-9-29(17)12-15)20(31)27-14-2-1-8-25-11-14;1-13-8-14(10-25-17(13)9-22)16-2-3-18-20(26-16)29(15-4-7-28(18)12-15)21(30)27-19-11-23-5-6-24-19;1-2-26-11-13(9-22-26)15-3-4-16-18(23-15)27(14-5-8-25(16)12-14)19(28)24-17-10-20-6-7-21-17/h2-3,5-6,8-10,14H,4,7,11H2,1H3,(H,26,29,32);1-6,8,10-11,15H,7,9,12H2,(H,27,31);2-3,5-6,8,10-11,15H,4,7,12H2,1H3,(H,24,27,30);3-4,6-7,9-11,14H,2,5,8,12H2,1H3,(H,21,24,28)/t14-;2*15-;14-/m0000/s1. The van der Waals surface area contributed by atoms with Crippen molar-refractivity contribution in [2.24, 2.45) is 0 Å². The number of hydrogen-bond acceptors (Lipinski definition) is 24. The number of halogens is 6. The first kappa shape index (κ1) is 78.5. The summed E-state index contributed by atoms with van der Waals surface area (Å²) in [6, 6.07) is 26.0. The Bertz CT molecular complexity index is 5940. The maximum absolute atomic E-state index is 13.3. The van der Waals surface area contributed by atoms with Crippen molar-refractivity contribution in [2.45, 2.75) is 89.5 Å². The van der Waals surface area contributed by atoms with E-state index in [-0.39, 0.29) is 53.5 Å². The summed E-state index contributed by atoms with van der Waals surface area (Å²) in [7, 11) is 0. The highest BCUT2D eigenvalue weighted by molar-refractivity contribution is 6.07. The Hall–Kier alpha value is -15.0. The highest BCUT2D eigenvalue weighted by Crippen LogP contribution is 2.46. The SMILES string of the molecule is CCn1cc(-c2ccc3c(n2)N(C(=O)Nc2cnccn2)[C@H]2CCN3C2)cn1.Cc1cc(-c2ccc3c(n2)N(C(=O)Nc2cnccn2)[C@H]2CCN3C2)cc(C(F)(F)F)n1.Cc1cc(-c2ccc3c(n2)N(C(=O)Nc2cnccn2)[C@H]2CCN3C2)cnc1C#N.O=C(Nc1cccnc1)N1c2nc(-c3ccc(C(F)(F)F)nc3)ccc2N2CC[C@H]1C2. The number of amides is 8. The molecule has 0 spiro atoms. The van der Waals surface area contributed by atoms with Gasteiger partial charge in [0.15, 0.2) is 40.7 Å². The Labute approximate surface area is 686 Å². The molecule has 612 valence electrons. The predicted octanol–water partition coefficient (Wildman–Crippen LogP) is 13.2. The quantitative estimate of drug-likeness (QED) is 0.0975. The number of hydrogen-bond donors (Lipinski definition) is 4. The van der Waals surface area contributed by atoms with E-state index in [1.54, 1.807) is 99.4 Å². The number of alkyl halides is 6. The number of carbonyl (C=O) groups is 4. The van der Waals surface area contributed by atoms with E-state index >= 15 is 0 Å². The van der Waals surface area contributed by atoms with E-state index in [9.17, 15) is 45.5 Å². The number of nitrogens with zero attached hydrogens (tertiary/aromatic N) is 25. The van der Waals surface area contributed by atoms with Gasteiger partial charge < -0.3 is 24.9 Å². The normalized spacial score (nSPS) is 17.3. The number of aryl methyl sites for hydroxylation is 3. The van der Waals surface area contributed by atoms with Gasteiger partial charge in [-0.05, 0) is 143 Å². The summed E-state index contributed by atoms with van der Waals surface area (Å²) in [5.41, 5.74) is 8.29. The first-order chi connectivity index (χ1) is 58.5. The van der Waals surface area contributed by atoms with Crippen LogP contribution < -0.4 is 60.5 Å². The van der Waals surface area contributed by atoms with Crippen LogP contribution in [-0.2, 0) is 18.9 Å². The summed E-state index contributed by atoms with van der Waals surface area (Å²) < 4.78 is 80.1. The van der Waals surface area contributed by atoms with Gasteiger partial charge in [0.1, 0.15) is 23.2 Å². The molecule has 4 N–H and O–H groups in total. The molecule has 20 heterocycles. The largest absolute Gasteiger partial charge is 0.433 e. The van der Waals surface area contributed by atoms with Crippen LogP contribution in [0.3, 0.4) is 0 Å². The molecule has 4 saturated heterocycles. The molecule has 33 nitrogen and oxygen atoms in total. The predicted molar refractivity (Wildman–Crippen MR) is 437 cm³/mol. The summed E-state index contributed by atoms with van der Waals surface area (Å²) in [5.74, 6) is 3.30. The number of urea groups is 4. The zero-order valence-electron chi connectivity index (χ0n) is 64.9. The molecule has 0 radical (unpaired) electrons. The summed E-state index contributed by atoms with van der Waals surface area (Å²) in [5, 5.41) is 24.7. The van der Waals surface area contributed by atoms with Crippen LogP contribution in [0.5, 0.6) is 0 Å². The number of fused-ring (bicyclic) bond motifs is 16. The third kappa shape index (κ3) is 16.4. The minimum Gasteiger partial charge on any atom is -0.366 e. The molecule has 0 aromatic carbocycles. The molecule has 121 heavy (non-hydrogen) atoms. The average Bonchev–Trinajstić information content (AvgIpc) is 1.66. The molecule has 0 unspecified atom stereocenters. The maximum Gasteiger partial charge on any atom is 0.433 e. The van der Waals surface area contributed by atoms with Crippen LogP contribution in [0.25, 0.3) is 45.0 Å². The molecule has 8 aliphatic rings. The fraction of sp³-hybridized carbons (Fsp3) is 0.268. The van der Waals surface area contributed by atoms with Crippen LogP contribution >= 0.6 is 0 Å². The van der Waals surface area contributed by atoms with Gasteiger partial charge in [0, 0.05) is 149 Å². The zero-order valence-corrected chi connectivity index (χ0v) is 64.9. The van der Waals surface area contributed by atoms with Crippen LogP contribution in [0.2, 0.25) is 0 Å². The van der Waals surface area contributed by atoms with Gasteiger partial charge in [-0.2, -0.15) is 36.7 Å². The Morgan fingerprint density at radius 3 is 1.23 bits per heavy atom. The van der Waals surface area contributed by atoms with E-state index in [1.807, 2.05) is 61.1 Å². The van der Waals surface area contributed by atoms with Crippen molar-refractivity contribution >= 4 is 93.3 Å². The minimum atomic E-state index is -4.57. The number of rotatable bonds is 9. The Morgan fingerprint density at radius 2 is 0.851 bits per heavy atom. The Morgan fingerprint density at radius 1 is 0.430 bits per heavy atom. The van der Waals surface area contributed by atoms with Crippen LogP contribution in [0.1, 0.15) is 60.9 Å². The monoisotopic (exact) mass is 1640 g/mol. The van der Waals surface area contributed by atoms with Crippen molar-refractivity contribution in [3.05, 3.63) is 212 Å². The number of anilines is 12. The van der Waals surface area contributed by atoms with Gasteiger partial charge in [-0.25, -0.2) is 64.0 Å². The summed E-state index contributed by atoms with van der Waals surface area (Å²) >= 11 is 0. The first-order valence-corrected chi connectivity index (χ1v) is 38.7. The molecule has 8 aliphatic heterocycles. The van der Waals surface area contributed by atoms with Crippen LogP contribution in [0.15, 0.2) is 184 Å². The molecule has 12 aromatic rings. The smallest absolute Gasteiger partial charge is 0.366 e. The highest BCUT2D eigenvalue weighted by Gasteiger charge is 2.46. The minimum absolute atomic E-state index is 0.0396. The van der Waals surface area contributed by atoms with Crippen molar-refractivity contribution in [1.82, 2.24) is 79.6 Å². The lowest BCUT2D eigenvalue weighted by Gasteiger charge is -2.35. The molecule has 4 atom stereocenters. The Kier molecular flexibility index (Phi) is 21.3. The van der Waals surface area contributed by atoms with Gasteiger partial charge in [-0.15, -0.1) is 0 Å². The van der Waals surface area contributed by atoms with Gasteiger partial charge >= 0.3 is 36.5 Å². The van der Waals surface area contributed by atoms with Crippen molar-refractivity contribution in [1.29, 1.82) is 5.26 Å². The van der Waals surface area contributed by atoms with Gasteiger partial charge in [0.25, 0.3) is 0 Å². The van der Waals surface area contributed by atoms with Crippen LogP contribution in [0.4, 0.5) is 115 Å². The van der Waals surface area contributed by atoms with Gasteiger partial charge in [-0.1, -0.05) is 0 Å². The average molecular weight is 1640 g/mol. The lowest BCUT2D eigenvalue weighted by molar-refractivity contribution is -0.142. The highest BCUT2D eigenvalue weighted by atomic mass is 19.4. The van der Waals surface area contributed by atoms with Crippen molar-refractivity contribution in [2.75, 3.05) is 113 Å². The van der Waals surface area contributed by atoms with E-state index in [0.29, 0.717) is 87.8 Å². The van der Waals surface area contributed by atoms with Gasteiger partial charge in [-0.3, -0.25) is 65.2 Å². The number of aromatic nitrogens is 16. The van der Waals surface area contributed by atoms with E-state index in [4.69, 9.17) is 15.2 Å². The molecule has 8 amide bonds. The molecule has 12 aromatic heterocycles. The van der Waals surface area contributed by atoms with Crippen LogP contribution in [-0.4, -0.2) is 180 Å². The number of carbonyl (C=O) groups excluding carboxylic acids is 4. The van der Waals surface area contributed by atoms with Crippen molar-refractivity contribution in [3.63, 3.8) is 0 Å². The van der Waals surface area contributed by atoms with Crippen molar-refractivity contribution in [3.8, 4) is 51.1 Å². The summed E-state index contributed by atoms with van der Waals surface area (Å²) in [4.78, 5) is 127. The van der Waals surface area contributed by atoms with Crippen LogP contribution in [0, 0.1) is 25.2 Å². The second kappa shape index (κ2) is 32.8. The number of pyridine rings is 8. The Balaban J connectivity index is 0.000000115. The van der Waals surface area contributed by atoms with E-state index in [1.165, 1.54) is 50.2 Å². The zero-order chi connectivity index (χ0) is 83.8. The third-order valence-corrected chi connectivity index (χ3v) is 21.6. The molecule has 0 aliphatic carbocycles. The van der Waals surface area contributed by atoms with Gasteiger partial charge in [0.2, 0.25) is 0 Å². The lowest BCUT2D eigenvalue weighted by Crippen LogP contribution is -2.48. The topological polar surface area (TPSA) is 364 Å². The van der Waals surface area contributed by atoms with E-state index in [0.717, 1.165) is 135 Å². The molecular formula is C82H73F6N29O4. The first-order valence-electron chi connectivity index (χ1n) is 38.7.